The van der Waals surface area contributed by atoms with Gasteiger partial charge in [-0.1, -0.05) is 30.3 Å². The van der Waals surface area contributed by atoms with Gasteiger partial charge in [-0.3, -0.25) is 4.79 Å². The molecule has 0 spiro atoms. The van der Waals surface area contributed by atoms with E-state index in [1.165, 1.54) is 0 Å². The third kappa shape index (κ3) is 3.14. The summed E-state index contributed by atoms with van der Waals surface area (Å²) < 4.78 is 3.77. The lowest BCUT2D eigenvalue weighted by molar-refractivity contribution is 0.0898. The minimum absolute atomic E-state index is 0.0582. The molecule has 2 N–H and O–H groups in total. The zero-order chi connectivity index (χ0) is 19.0. The predicted molar refractivity (Wildman–Crippen MR) is 101 cm³/mol. The third-order valence-corrected chi connectivity index (χ3v) is 5.40. The maximum atomic E-state index is 12.7. The van der Waals surface area contributed by atoms with Gasteiger partial charge < -0.3 is 19.6 Å². The number of benzene rings is 1. The van der Waals surface area contributed by atoms with E-state index >= 15 is 0 Å². The van der Waals surface area contributed by atoms with Gasteiger partial charge in [-0.15, -0.1) is 10.2 Å². The number of carbonyl (C=O) groups is 1. The summed E-state index contributed by atoms with van der Waals surface area (Å²) in [5, 5.41) is 20.5. The highest BCUT2D eigenvalue weighted by molar-refractivity contribution is 5.94. The summed E-state index contributed by atoms with van der Waals surface area (Å²) in [6.45, 7) is -0.117. The molecule has 3 aromatic rings. The number of aliphatic hydroxyl groups is 1. The van der Waals surface area contributed by atoms with E-state index in [1.807, 2.05) is 65.7 Å². The molecule has 2 aromatic heterocycles. The maximum absolute atomic E-state index is 12.7. The molecular weight excluding hydrogens is 342 g/mol. The fraction of sp³-hybridized carbons (Fsp3) is 0.350. The molecule has 0 bridgehead atoms. The average Bonchev–Trinajstić information content (AvgIpc) is 3.21. The fourth-order valence-electron chi connectivity index (χ4n) is 3.71. The molecule has 140 valence electrons. The van der Waals surface area contributed by atoms with Crippen LogP contribution in [0, 0.1) is 0 Å². The summed E-state index contributed by atoms with van der Waals surface area (Å²) in [6, 6.07) is 14.0. The van der Waals surface area contributed by atoms with Crippen molar-refractivity contribution in [3.8, 4) is 11.3 Å². The second kappa shape index (κ2) is 7.00. The van der Waals surface area contributed by atoms with E-state index in [1.54, 1.807) is 0 Å². The second-order valence-corrected chi connectivity index (χ2v) is 7.06. The molecular formula is C20H23N5O2. The Hall–Kier alpha value is -2.93. The number of carbonyl (C=O) groups excluding carboxylic acids is 1. The van der Waals surface area contributed by atoms with Gasteiger partial charge in [0.05, 0.1) is 0 Å². The van der Waals surface area contributed by atoms with Crippen LogP contribution in [0.1, 0.15) is 40.9 Å². The molecule has 0 saturated heterocycles. The number of rotatable bonds is 5. The summed E-state index contributed by atoms with van der Waals surface area (Å²) in [6.07, 6.45) is 1.66. The van der Waals surface area contributed by atoms with Crippen LogP contribution in [0.3, 0.4) is 0 Å². The van der Waals surface area contributed by atoms with Gasteiger partial charge in [-0.2, -0.15) is 0 Å². The third-order valence-electron chi connectivity index (χ3n) is 5.40. The van der Waals surface area contributed by atoms with Crippen LogP contribution in [0.15, 0.2) is 42.5 Å². The van der Waals surface area contributed by atoms with Crippen LogP contribution in [0.5, 0.6) is 0 Å². The first-order chi connectivity index (χ1) is 13.1. The van der Waals surface area contributed by atoms with E-state index < -0.39 is 0 Å². The van der Waals surface area contributed by atoms with Crippen molar-refractivity contribution in [2.75, 3.05) is 0 Å². The molecule has 7 heteroatoms. The van der Waals surface area contributed by atoms with Crippen LogP contribution in [-0.2, 0) is 20.7 Å². The van der Waals surface area contributed by atoms with Crippen LogP contribution in [-0.4, -0.2) is 36.4 Å². The highest BCUT2D eigenvalue weighted by atomic mass is 16.3. The SMILES string of the molecule is Cn1c(C(=O)NC2CC(c3nnc(CO)n3C)C2)ccc1-c1ccccc1. The molecule has 0 aliphatic heterocycles. The largest absolute Gasteiger partial charge is 0.388 e. The molecule has 1 aromatic carbocycles. The maximum Gasteiger partial charge on any atom is 0.268 e. The molecule has 1 amide bonds. The van der Waals surface area contributed by atoms with Crippen LogP contribution in [0.2, 0.25) is 0 Å². The lowest BCUT2D eigenvalue weighted by Crippen LogP contribution is -2.44. The van der Waals surface area contributed by atoms with E-state index in [0.29, 0.717) is 11.5 Å². The van der Waals surface area contributed by atoms with E-state index in [-0.39, 0.29) is 24.5 Å². The van der Waals surface area contributed by atoms with Crippen molar-refractivity contribution >= 4 is 5.91 Å². The smallest absolute Gasteiger partial charge is 0.268 e. The second-order valence-electron chi connectivity index (χ2n) is 7.06. The monoisotopic (exact) mass is 365 g/mol. The zero-order valence-electron chi connectivity index (χ0n) is 15.5. The molecule has 0 unspecified atom stereocenters. The predicted octanol–water partition coefficient (Wildman–Crippen LogP) is 1.99. The average molecular weight is 365 g/mol. The van der Waals surface area contributed by atoms with Gasteiger partial charge in [-0.05, 0) is 30.5 Å². The first kappa shape index (κ1) is 17.5. The first-order valence-electron chi connectivity index (χ1n) is 9.09. The molecule has 1 aliphatic rings. The normalized spacial score (nSPS) is 18.9. The first-order valence-corrected chi connectivity index (χ1v) is 9.09. The van der Waals surface area contributed by atoms with Crippen molar-refractivity contribution in [1.29, 1.82) is 0 Å². The van der Waals surface area contributed by atoms with Crippen LogP contribution >= 0.6 is 0 Å². The lowest BCUT2D eigenvalue weighted by Gasteiger charge is -2.35. The molecule has 1 aliphatic carbocycles. The van der Waals surface area contributed by atoms with Gasteiger partial charge in [0.25, 0.3) is 5.91 Å². The highest BCUT2D eigenvalue weighted by Gasteiger charge is 2.35. The Labute approximate surface area is 157 Å². The van der Waals surface area contributed by atoms with Gasteiger partial charge >= 0.3 is 0 Å². The Morgan fingerprint density at radius 1 is 1.11 bits per heavy atom. The Morgan fingerprint density at radius 2 is 1.85 bits per heavy atom. The van der Waals surface area contributed by atoms with Gasteiger partial charge in [0.2, 0.25) is 0 Å². The van der Waals surface area contributed by atoms with Crippen LogP contribution in [0.4, 0.5) is 0 Å². The minimum Gasteiger partial charge on any atom is -0.388 e. The fourth-order valence-corrected chi connectivity index (χ4v) is 3.71. The Bertz CT molecular complexity index is 954. The Morgan fingerprint density at radius 3 is 2.52 bits per heavy atom. The number of amides is 1. The van der Waals surface area contributed by atoms with Gasteiger partial charge in [0.15, 0.2) is 5.82 Å². The highest BCUT2D eigenvalue weighted by Crippen LogP contribution is 2.36. The van der Waals surface area contributed by atoms with Crippen molar-refractivity contribution in [1.82, 2.24) is 24.6 Å². The molecule has 0 radical (unpaired) electrons. The Balaban J connectivity index is 1.40. The molecule has 7 nitrogen and oxygen atoms in total. The standard InChI is InChI=1S/C20H23N5O2/c1-24-16(13-6-4-3-5-7-13)8-9-17(24)20(27)21-15-10-14(11-15)19-23-22-18(12-26)25(19)2/h3-9,14-15,26H,10-12H2,1-2H3,(H,21,27). The van der Waals surface area contributed by atoms with Gasteiger partial charge in [0.1, 0.15) is 18.1 Å². The molecule has 27 heavy (non-hydrogen) atoms. The van der Waals surface area contributed by atoms with Crippen molar-refractivity contribution in [3.05, 3.63) is 59.8 Å². The molecule has 2 heterocycles. The zero-order valence-corrected chi connectivity index (χ0v) is 15.5. The van der Waals surface area contributed by atoms with Crippen molar-refractivity contribution in [2.24, 2.45) is 14.1 Å². The van der Waals surface area contributed by atoms with Crippen LogP contribution in [0.25, 0.3) is 11.3 Å². The van der Waals surface area contributed by atoms with E-state index in [9.17, 15) is 9.90 Å². The van der Waals surface area contributed by atoms with Gasteiger partial charge in [0, 0.05) is 31.7 Å². The van der Waals surface area contributed by atoms with Crippen LogP contribution < -0.4 is 5.32 Å². The van der Waals surface area contributed by atoms with Gasteiger partial charge in [-0.25, -0.2) is 0 Å². The summed E-state index contributed by atoms with van der Waals surface area (Å²) in [7, 11) is 3.78. The minimum atomic E-state index is -0.117. The number of nitrogens with zero attached hydrogens (tertiary/aromatic N) is 4. The van der Waals surface area contributed by atoms with Crippen molar-refractivity contribution in [2.45, 2.75) is 31.4 Å². The topological polar surface area (TPSA) is 85.0 Å². The number of hydrogen-bond donors (Lipinski definition) is 2. The number of aromatic nitrogens is 4. The quantitative estimate of drug-likeness (QED) is 0.724. The Kier molecular flexibility index (Phi) is 4.53. The summed E-state index contributed by atoms with van der Waals surface area (Å²) in [4.78, 5) is 12.7. The number of nitrogens with one attached hydrogen (secondary N) is 1. The van der Waals surface area contributed by atoms with Crippen molar-refractivity contribution < 1.29 is 9.90 Å². The number of aliphatic hydroxyl groups excluding tert-OH is 1. The van der Waals surface area contributed by atoms with Crippen molar-refractivity contribution in [3.63, 3.8) is 0 Å². The summed E-state index contributed by atoms with van der Waals surface area (Å²) in [5.41, 5.74) is 2.76. The van der Waals surface area contributed by atoms with E-state index in [2.05, 4.69) is 15.5 Å². The molecule has 4 rings (SSSR count). The summed E-state index contributed by atoms with van der Waals surface area (Å²) >= 11 is 0. The molecule has 0 atom stereocenters. The van der Waals surface area contributed by atoms with E-state index in [4.69, 9.17) is 0 Å². The summed E-state index contributed by atoms with van der Waals surface area (Å²) in [5.74, 6) is 1.64. The number of hydrogen-bond acceptors (Lipinski definition) is 4. The molecule has 1 saturated carbocycles. The molecule has 1 fully saturated rings. The van der Waals surface area contributed by atoms with E-state index in [0.717, 1.165) is 29.9 Å². The lowest BCUT2D eigenvalue weighted by atomic mass is 9.79.